The zero-order chi connectivity index (χ0) is 15.6. The molecule has 0 fully saturated rings. The highest BCUT2D eigenvalue weighted by molar-refractivity contribution is 6.30. The van der Waals surface area contributed by atoms with E-state index in [2.05, 4.69) is 35.2 Å². The maximum Gasteiger partial charge on any atom is 0.137 e. The van der Waals surface area contributed by atoms with Crippen molar-refractivity contribution < 1.29 is 4.42 Å². The fourth-order valence-corrected chi connectivity index (χ4v) is 2.56. The number of rotatable bonds is 5. The lowest BCUT2D eigenvalue weighted by molar-refractivity contribution is 0.499. The molecular weight excluding hydrogens is 286 g/mol. The second-order valence-electron chi connectivity index (χ2n) is 5.39. The summed E-state index contributed by atoms with van der Waals surface area (Å²) < 4.78 is 5.59. The minimum atomic E-state index is 0.0987. The number of aromatic nitrogens is 2. The standard InChI is InChI=1S/C16H22ClN3O/c1-6-7-14-19-15(17)10(3)16(20-14)18-11(4)13-8-9(2)21-12(13)5/h8,11H,6-7H2,1-5H3,(H,18,19,20). The van der Waals surface area contributed by atoms with Gasteiger partial charge in [-0.05, 0) is 40.2 Å². The number of anilines is 1. The van der Waals surface area contributed by atoms with Gasteiger partial charge in [-0.15, -0.1) is 0 Å². The lowest BCUT2D eigenvalue weighted by Gasteiger charge is -2.17. The SMILES string of the molecule is CCCc1nc(Cl)c(C)c(NC(C)c2cc(C)oc2C)n1. The van der Waals surface area contributed by atoms with Crippen molar-refractivity contribution >= 4 is 17.4 Å². The number of nitrogens with zero attached hydrogens (tertiary/aromatic N) is 2. The minimum Gasteiger partial charge on any atom is -0.466 e. The van der Waals surface area contributed by atoms with Crippen LogP contribution in [0.3, 0.4) is 0 Å². The molecule has 0 radical (unpaired) electrons. The number of halogens is 1. The maximum absolute atomic E-state index is 6.21. The third-order valence-corrected chi connectivity index (χ3v) is 3.87. The van der Waals surface area contributed by atoms with Gasteiger partial charge in [-0.25, -0.2) is 9.97 Å². The Hall–Kier alpha value is -1.55. The van der Waals surface area contributed by atoms with Crippen LogP contribution < -0.4 is 5.32 Å². The number of hydrogen-bond acceptors (Lipinski definition) is 4. The molecule has 2 rings (SSSR count). The number of furan rings is 1. The van der Waals surface area contributed by atoms with Crippen molar-refractivity contribution in [1.82, 2.24) is 9.97 Å². The molecule has 0 aromatic carbocycles. The van der Waals surface area contributed by atoms with Crippen LogP contribution in [0.5, 0.6) is 0 Å². The first-order valence-corrected chi connectivity index (χ1v) is 7.66. The van der Waals surface area contributed by atoms with E-state index in [1.807, 2.05) is 20.8 Å². The van der Waals surface area contributed by atoms with E-state index in [1.54, 1.807) is 0 Å². The third kappa shape index (κ3) is 3.56. The van der Waals surface area contributed by atoms with E-state index < -0.39 is 0 Å². The average Bonchev–Trinajstić information content (AvgIpc) is 2.75. The maximum atomic E-state index is 6.21. The van der Waals surface area contributed by atoms with Gasteiger partial charge < -0.3 is 9.73 Å². The van der Waals surface area contributed by atoms with E-state index >= 15 is 0 Å². The van der Waals surface area contributed by atoms with Crippen molar-refractivity contribution in [2.75, 3.05) is 5.32 Å². The summed E-state index contributed by atoms with van der Waals surface area (Å²) >= 11 is 6.21. The lowest BCUT2D eigenvalue weighted by atomic mass is 10.1. The first-order valence-electron chi connectivity index (χ1n) is 7.28. The summed E-state index contributed by atoms with van der Waals surface area (Å²) in [5.41, 5.74) is 2.01. The molecule has 0 aliphatic heterocycles. The van der Waals surface area contributed by atoms with Crippen LogP contribution in [0.2, 0.25) is 5.15 Å². The second-order valence-corrected chi connectivity index (χ2v) is 5.75. The molecular formula is C16H22ClN3O. The number of hydrogen-bond donors (Lipinski definition) is 1. The Morgan fingerprint density at radius 2 is 2.00 bits per heavy atom. The zero-order valence-electron chi connectivity index (χ0n) is 13.2. The first-order chi connectivity index (χ1) is 9.92. The summed E-state index contributed by atoms with van der Waals surface area (Å²) in [4.78, 5) is 8.91. The molecule has 0 amide bonds. The highest BCUT2D eigenvalue weighted by Gasteiger charge is 2.16. The molecule has 2 aromatic rings. The summed E-state index contributed by atoms with van der Waals surface area (Å²) in [6.45, 7) is 10.1. The Morgan fingerprint density at radius 1 is 1.29 bits per heavy atom. The Morgan fingerprint density at radius 3 is 2.57 bits per heavy atom. The number of aryl methyl sites for hydroxylation is 3. The minimum absolute atomic E-state index is 0.0987. The second kappa shape index (κ2) is 6.48. The molecule has 2 aromatic heterocycles. The van der Waals surface area contributed by atoms with Gasteiger partial charge in [0, 0.05) is 17.5 Å². The van der Waals surface area contributed by atoms with Gasteiger partial charge in [0.25, 0.3) is 0 Å². The van der Waals surface area contributed by atoms with E-state index in [0.717, 1.165) is 47.1 Å². The molecule has 0 saturated heterocycles. The monoisotopic (exact) mass is 307 g/mol. The summed E-state index contributed by atoms with van der Waals surface area (Å²) in [6.07, 6.45) is 1.82. The Labute approximate surface area is 130 Å². The van der Waals surface area contributed by atoms with E-state index in [-0.39, 0.29) is 6.04 Å². The topological polar surface area (TPSA) is 51.0 Å². The van der Waals surface area contributed by atoms with Crippen LogP contribution in [0.4, 0.5) is 5.82 Å². The van der Waals surface area contributed by atoms with Crippen LogP contribution in [-0.2, 0) is 6.42 Å². The van der Waals surface area contributed by atoms with E-state index in [4.69, 9.17) is 16.0 Å². The van der Waals surface area contributed by atoms with E-state index in [0.29, 0.717) is 5.15 Å². The highest BCUT2D eigenvalue weighted by Crippen LogP contribution is 2.27. The lowest BCUT2D eigenvalue weighted by Crippen LogP contribution is -2.11. The van der Waals surface area contributed by atoms with Gasteiger partial charge in [0.1, 0.15) is 28.3 Å². The van der Waals surface area contributed by atoms with Crippen molar-refractivity contribution in [2.24, 2.45) is 0 Å². The fourth-order valence-electron chi connectivity index (χ4n) is 2.37. The Balaban J connectivity index is 2.28. The first kappa shape index (κ1) is 15.8. The van der Waals surface area contributed by atoms with Crippen molar-refractivity contribution in [3.8, 4) is 0 Å². The fraction of sp³-hybridized carbons (Fsp3) is 0.500. The summed E-state index contributed by atoms with van der Waals surface area (Å²) in [5.74, 6) is 3.42. The molecule has 1 unspecified atom stereocenters. The molecule has 0 spiro atoms. The van der Waals surface area contributed by atoms with Crippen LogP contribution in [0, 0.1) is 20.8 Å². The van der Waals surface area contributed by atoms with Gasteiger partial charge in [0.2, 0.25) is 0 Å². The molecule has 1 N–H and O–H groups in total. The van der Waals surface area contributed by atoms with Crippen molar-refractivity contribution in [2.45, 2.75) is 53.5 Å². The molecule has 0 bridgehead atoms. The molecule has 0 aliphatic rings. The van der Waals surface area contributed by atoms with E-state index in [1.165, 1.54) is 0 Å². The number of nitrogens with one attached hydrogen (secondary N) is 1. The molecule has 5 heteroatoms. The van der Waals surface area contributed by atoms with Gasteiger partial charge in [-0.2, -0.15) is 0 Å². The van der Waals surface area contributed by atoms with Crippen LogP contribution in [0.1, 0.15) is 54.8 Å². The van der Waals surface area contributed by atoms with Crippen LogP contribution in [0.15, 0.2) is 10.5 Å². The molecule has 4 nitrogen and oxygen atoms in total. The quantitative estimate of drug-likeness (QED) is 0.808. The molecule has 21 heavy (non-hydrogen) atoms. The summed E-state index contributed by atoms with van der Waals surface area (Å²) in [7, 11) is 0. The van der Waals surface area contributed by atoms with E-state index in [9.17, 15) is 0 Å². The summed E-state index contributed by atoms with van der Waals surface area (Å²) in [5, 5.41) is 3.94. The van der Waals surface area contributed by atoms with Crippen LogP contribution in [-0.4, -0.2) is 9.97 Å². The van der Waals surface area contributed by atoms with Gasteiger partial charge in [0.05, 0.1) is 6.04 Å². The van der Waals surface area contributed by atoms with Gasteiger partial charge in [-0.3, -0.25) is 0 Å². The molecule has 1 atom stereocenters. The van der Waals surface area contributed by atoms with Crippen molar-refractivity contribution in [3.63, 3.8) is 0 Å². The van der Waals surface area contributed by atoms with Crippen LogP contribution >= 0.6 is 11.6 Å². The molecule has 0 aliphatic carbocycles. The third-order valence-electron chi connectivity index (χ3n) is 3.51. The smallest absolute Gasteiger partial charge is 0.137 e. The zero-order valence-corrected chi connectivity index (χ0v) is 14.0. The highest BCUT2D eigenvalue weighted by atomic mass is 35.5. The van der Waals surface area contributed by atoms with Gasteiger partial charge in [0.15, 0.2) is 0 Å². The Bertz CT molecular complexity index is 637. The molecule has 114 valence electrons. The average molecular weight is 308 g/mol. The summed E-state index contributed by atoms with van der Waals surface area (Å²) in [6, 6.07) is 2.15. The predicted octanol–water partition coefficient (Wildman–Crippen LogP) is 4.77. The van der Waals surface area contributed by atoms with Gasteiger partial charge >= 0.3 is 0 Å². The van der Waals surface area contributed by atoms with Crippen LogP contribution in [0.25, 0.3) is 0 Å². The largest absolute Gasteiger partial charge is 0.466 e. The molecule has 2 heterocycles. The normalized spacial score (nSPS) is 12.5. The van der Waals surface area contributed by atoms with Gasteiger partial charge in [-0.1, -0.05) is 18.5 Å². The Kier molecular flexibility index (Phi) is 4.88. The van der Waals surface area contributed by atoms with Crippen molar-refractivity contribution in [3.05, 3.63) is 39.7 Å². The predicted molar refractivity (Wildman–Crippen MR) is 86.0 cm³/mol. The van der Waals surface area contributed by atoms with Crippen molar-refractivity contribution in [1.29, 1.82) is 0 Å². The molecule has 0 saturated carbocycles.